The Morgan fingerprint density at radius 3 is 1.60 bits per heavy atom. The average Bonchev–Trinajstić information content (AvgIpc) is 2.94. The molecule has 1 N–H and O–H groups in total. The number of rotatable bonds is 26. The molecule has 0 aliphatic rings. The molecule has 0 bridgehead atoms. The highest BCUT2D eigenvalue weighted by molar-refractivity contribution is 5.91. The molecule has 0 spiro atoms. The lowest BCUT2D eigenvalue weighted by Gasteiger charge is -2.28. The van der Waals surface area contributed by atoms with Crippen molar-refractivity contribution in [1.82, 2.24) is 10.2 Å². The van der Waals surface area contributed by atoms with Crippen molar-refractivity contribution in [3.8, 4) is 0 Å². The smallest absolute Gasteiger partial charge is 0.416 e. The Kier molecular flexibility index (Phi) is 29.3. The van der Waals surface area contributed by atoms with Crippen LogP contribution in [-0.4, -0.2) is 94.7 Å². The Labute approximate surface area is 274 Å². The van der Waals surface area contributed by atoms with Crippen molar-refractivity contribution in [3.05, 3.63) is 0 Å². The topological polar surface area (TPSA) is 94.2 Å². The van der Waals surface area contributed by atoms with E-state index in [4.69, 9.17) is 14.2 Å². The molecule has 0 rings (SSSR count). The lowest BCUT2D eigenvalue weighted by Crippen LogP contribution is -3.00. The van der Waals surface area contributed by atoms with Crippen LogP contribution in [0.3, 0.4) is 0 Å². The average molecular weight is 714 g/mol. The van der Waals surface area contributed by atoms with Crippen LogP contribution in [0.15, 0.2) is 0 Å². The third-order valence-corrected chi connectivity index (χ3v) is 7.24. The first-order valence-corrected chi connectivity index (χ1v) is 16.4. The molecule has 250 valence electrons. The molecule has 0 radical (unpaired) electrons. The monoisotopic (exact) mass is 713 g/mol. The van der Waals surface area contributed by atoms with Crippen LogP contribution in [-0.2, 0) is 19.0 Å². The van der Waals surface area contributed by atoms with Crippen molar-refractivity contribution in [2.24, 2.45) is 0 Å². The zero-order valence-electron chi connectivity index (χ0n) is 27.9. The van der Waals surface area contributed by atoms with E-state index in [0.717, 1.165) is 17.7 Å². The van der Waals surface area contributed by atoms with Gasteiger partial charge in [0.1, 0.15) is 19.3 Å². The summed E-state index contributed by atoms with van der Waals surface area (Å²) in [5.74, 6) is -0.290. The molecule has 0 aromatic carbocycles. The van der Waals surface area contributed by atoms with Crippen molar-refractivity contribution in [1.29, 1.82) is 0 Å². The van der Waals surface area contributed by atoms with Gasteiger partial charge in [-0.1, -0.05) is 110 Å². The van der Waals surface area contributed by atoms with Gasteiger partial charge in [0.2, 0.25) is 5.91 Å². The molecule has 0 aliphatic heterocycles. The summed E-state index contributed by atoms with van der Waals surface area (Å²) in [6.07, 6.45) is 19.4. The molecule has 0 saturated carbocycles. The Morgan fingerprint density at radius 2 is 1.17 bits per heavy atom. The van der Waals surface area contributed by atoms with Crippen LogP contribution in [0, 0.1) is 0 Å². The number of hydrogen-bond acceptors (Lipinski definition) is 6. The van der Waals surface area contributed by atoms with Crippen molar-refractivity contribution < 1.29 is 57.1 Å². The molecule has 0 saturated heterocycles. The van der Waals surface area contributed by atoms with Crippen LogP contribution in [0.2, 0.25) is 0 Å². The van der Waals surface area contributed by atoms with Crippen LogP contribution >= 0.6 is 0 Å². The molecule has 1 unspecified atom stereocenters. The number of unbranched alkanes of at least 4 members (excludes halogenated alkanes) is 15. The summed E-state index contributed by atoms with van der Waals surface area (Å²) < 4.78 is 16.4. The zero-order chi connectivity index (χ0) is 30.8. The summed E-state index contributed by atoms with van der Waals surface area (Å²) >= 11 is 0. The Balaban J connectivity index is 0. The second-order valence-corrected chi connectivity index (χ2v) is 12.2. The van der Waals surface area contributed by atoms with E-state index in [9.17, 15) is 14.4 Å². The Hall–Kier alpha value is -1.14. The second-order valence-electron chi connectivity index (χ2n) is 12.2. The fourth-order valence-corrected chi connectivity index (χ4v) is 4.42. The minimum Gasteiger partial charge on any atom is -1.00 e. The number of methoxy groups -OCH3 is 1. The molecule has 10 heteroatoms. The predicted molar refractivity (Wildman–Crippen MR) is 166 cm³/mol. The summed E-state index contributed by atoms with van der Waals surface area (Å²) in [6.45, 7) is 5.27. The van der Waals surface area contributed by atoms with Gasteiger partial charge in [0.05, 0.1) is 34.2 Å². The van der Waals surface area contributed by atoms with E-state index in [-0.39, 0.29) is 56.1 Å². The minimum absolute atomic E-state index is 0. The maximum absolute atomic E-state index is 12.5. The van der Waals surface area contributed by atoms with Crippen LogP contribution in [0.25, 0.3) is 0 Å². The highest BCUT2D eigenvalue weighted by atomic mass is 127. The second kappa shape index (κ2) is 28.6. The largest absolute Gasteiger partial charge is 1.00 e. The molecule has 0 fully saturated rings. The van der Waals surface area contributed by atoms with Crippen molar-refractivity contribution >= 4 is 18.1 Å². The summed E-state index contributed by atoms with van der Waals surface area (Å²) in [5, 5.41) is 2.77. The first-order valence-electron chi connectivity index (χ1n) is 16.4. The number of hydrogen-bond donors (Lipinski definition) is 1. The quantitative estimate of drug-likeness (QED) is 0.0826. The molecule has 1 atom stereocenters. The van der Waals surface area contributed by atoms with Gasteiger partial charge in [-0.05, 0) is 6.42 Å². The Morgan fingerprint density at radius 1 is 0.714 bits per heavy atom. The molecule has 0 heterocycles. The van der Waals surface area contributed by atoms with Crippen LogP contribution in [0.5, 0.6) is 0 Å². The number of likely N-dealkylation sites (N-methyl/N-ethyl adjacent to an activating group) is 1. The van der Waals surface area contributed by atoms with Crippen molar-refractivity contribution in [2.75, 3.05) is 61.1 Å². The number of quaternary nitrogens is 1. The number of nitrogens with one attached hydrogen (secondary N) is 1. The molecule has 42 heavy (non-hydrogen) atoms. The number of nitrogens with zero attached hydrogens (tertiary/aromatic N) is 2. The van der Waals surface area contributed by atoms with Gasteiger partial charge in [-0.15, -0.1) is 0 Å². The highest BCUT2D eigenvalue weighted by Gasteiger charge is 2.25. The number of alkyl carbamates (subject to hydrolysis) is 1. The predicted octanol–water partition coefficient (Wildman–Crippen LogP) is 4.07. The fourth-order valence-electron chi connectivity index (χ4n) is 4.42. The summed E-state index contributed by atoms with van der Waals surface area (Å²) in [5.41, 5.74) is 0. The summed E-state index contributed by atoms with van der Waals surface area (Å²) in [6, 6.07) is 0. The third kappa shape index (κ3) is 26.5. The number of halogens is 1. The van der Waals surface area contributed by atoms with Gasteiger partial charge in [-0.3, -0.25) is 4.79 Å². The summed E-state index contributed by atoms with van der Waals surface area (Å²) in [4.78, 5) is 37.9. The van der Waals surface area contributed by atoms with Gasteiger partial charge >= 0.3 is 12.2 Å². The minimum atomic E-state index is -0.708. The summed E-state index contributed by atoms with van der Waals surface area (Å²) in [7, 11) is 7.43. The number of amides is 3. The van der Waals surface area contributed by atoms with E-state index in [2.05, 4.69) is 12.2 Å². The number of carbonyl (C=O) groups is 3. The number of ether oxygens (including phenoxy) is 3. The van der Waals surface area contributed by atoms with E-state index < -0.39 is 18.3 Å². The molecule has 0 aromatic heterocycles. The van der Waals surface area contributed by atoms with Crippen molar-refractivity contribution in [3.63, 3.8) is 0 Å². The fraction of sp³-hybridized carbons (Fsp3) is 0.906. The van der Waals surface area contributed by atoms with Gasteiger partial charge in [0, 0.05) is 20.1 Å². The first-order chi connectivity index (χ1) is 19.6. The normalized spacial score (nSPS) is 11.9. The molecule has 0 aromatic rings. The lowest BCUT2D eigenvalue weighted by atomic mass is 10.0. The Bertz CT molecular complexity index is 675. The van der Waals surface area contributed by atoms with Crippen molar-refractivity contribution in [2.45, 2.75) is 129 Å². The third-order valence-electron chi connectivity index (χ3n) is 7.24. The van der Waals surface area contributed by atoms with E-state index >= 15 is 0 Å². The van der Waals surface area contributed by atoms with Crippen LogP contribution < -0.4 is 29.3 Å². The molecular weight excluding hydrogens is 649 g/mol. The van der Waals surface area contributed by atoms with Gasteiger partial charge in [0.15, 0.2) is 0 Å². The molecule has 0 aliphatic carbocycles. The van der Waals surface area contributed by atoms with E-state index in [1.54, 1.807) is 6.92 Å². The van der Waals surface area contributed by atoms with Crippen LogP contribution in [0.4, 0.5) is 9.59 Å². The van der Waals surface area contributed by atoms with Gasteiger partial charge in [0.25, 0.3) is 0 Å². The number of imide groups is 1. The SMILES string of the molecule is CCCCCCCCCCCCCCCCCCNC(=O)OCC(COC(=O)N(CC[N+](C)(C)C)C(=O)CC)OC.[I-]. The zero-order valence-corrected chi connectivity index (χ0v) is 30.0. The lowest BCUT2D eigenvalue weighted by molar-refractivity contribution is -0.869. The maximum atomic E-state index is 12.5. The maximum Gasteiger partial charge on any atom is 0.416 e. The van der Waals surface area contributed by atoms with Crippen LogP contribution in [0.1, 0.15) is 123 Å². The first kappa shape index (κ1) is 43.0. The molecular formula is C32H64IN3O6. The van der Waals surface area contributed by atoms with Gasteiger partial charge < -0.3 is 48.0 Å². The molecule has 3 amide bonds. The van der Waals surface area contributed by atoms with E-state index in [1.165, 1.54) is 97.0 Å². The van der Waals surface area contributed by atoms with E-state index in [0.29, 0.717) is 17.6 Å². The van der Waals surface area contributed by atoms with Gasteiger partial charge in [-0.25, -0.2) is 14.5 Å². The molecule has 9 nitrogen and oxygen atoms in total. The highest BCUT2D eigenvalue weighted by Crippen LogP contribution is 2.13. The van der Waals surface area contributed by atoms with E-state index in [1.807, 2.05) is 21.1 Å². The number of carbonyl (C=O) groups excluding carboxylic acids is 3. The standard InChI is InChI=1S/C32H63N3O6.HI/c1-7-9-10-11-12-13-14-15-16-17-18-19-20-21-22-23-24-33-31(37)40-27-29(39-6)28-41-32(38)34(30(36)8-2)25-26-35(3,4)5;/h29H,7-28H2,1-6H3;1H. The van der Waals surface area contributed by atoms with Gasteiger partial charge in [-0.2, -0.15) is 0 Å².